The molecule has 0 bridgehead atoms. The van der Waals surface area contributed by atoms with Crippen LogP contribution in [0.1, 0.15) is 92.9 Å². The third-order valence-electron chi connectivity index (χ3n) is 7.08. The van der Waals surface area contributed by atoms with Gasteiger partial charge in [0.1, 0.15) is 23.2 Å². The first kappa shape index (κ1) is 39.3. The van der Waals surface area contributed by atoms with Crippen molar-refractivity contribution in [3.63, 3.8) is 0 Å². The van der Waals surface area contributed by atoms with Gasteiger partial charge in [-0.2, -0.15) is 0 Å². The topological polar surface area (TPSA) is 125 Å². The van der Waals surface area contributed by atoms with Crippen molar-refractivity contribution in [1.29, 1.82) is 0 Å². The van der Waals surface area contributed by atoms with E-state index >= 15 is 0 Å². The van der Waals surface area contributed by atoms with Crippen LogP contribution in [0.15, 0.2) is 48.5 Å². The Hall–Kier alpha value is -2.85. The number of amides is 1. The molecule has 3 N–H and O–H groups in total. The summed E-state index contributed by atoms with van der Waals surface area (Å²) in [6.07, 6.45) is 5.68. The molecule has 4 rings (SSSR count). The van der Waals surface area contributed by atoms with Gasteiger partial charge in [-0.3, -0.25) is 9.59 Å². The summed E-state index contributed by atoms with van der Waals surface area (Å²) in [6.45, 7) is 8.63. The second kappa shape index (κ2) is 21.1. The van der Waals surface area contributed by atoms with Crippen LogP contribution < -0.4 is 10.1 Å². The molecule has 2 aliphatic heterocycles. The fraction of sp³-hybridized carbons (Fsp3) is 0.571. The van der Waals surface area contributed by atoms with Crippen LogP contribution >= 0.6 is 23.2 Å². The number of hydrogen-bond acceptors (Lipinski definition) is 8. The van der Waals surface area contributed by atoms with Crippen molar-refractivity contribution in [3.8, 4) is 11.5 Å². The first-order chi connectivity index (χ1) is 21.9. The number of phenols is 1. The molecule has 9 nitrogen and oxygen atoms in total. The fourth-order valence-electron chi connectivity index (χ4n) is 4.66. The Morgan fingerprint density at radius 3 is 1.87 bits per heavy atom. The lowest BCUT2D eigenvalue weighted by molar-refractivity contribution is 0.00390. The molecule has 2 aromatic rings. The van der Waals surface area contributed by atoms with Crippen molar-refractivity contribution in [2.24, 2.45) is 0 Å². The number of hydrogen-bond donors (Lipinski definition) is 3. The summed E-state index contributed by atoms with van der Waals surface area (Å²) in [6, 6.07) is 13.7. The van der Waals surface area contributed by atoms with Crippen LogP contribution in [0.4, 0.5) is 4.79 Å². The number of likely N-dealkylation sites (tertiary alicyclic amines) is 1. The Bertz CT molecular complexity index is 1180. The molecule has 1 unspecified atom stereocenters. The molecule has 0 aliphatic carbocycles. The number of piperidine rings is 2. The second-order valence-electron chi connectivity index (χ2n) is 12.3. The molecule has 0 radical (unpaired) electrons. The Morgan fingerprint density at radius 1 is 0.870 bits per heavy atom. The van der Waals surface area contributed by atoms with Crippen LogP contribution in [-0.2, 0) is 4.74 Å². The summed E-state index contributed by atoms with van der Waals surface area (Å²) in [4.78, 5) is 36.3. The summed E-state index contributed by atoms with van der Waals surface area (Å²) in [7, 11) is 0. The fourth-order valence-corrected chi connectivity index (χ4v) is 4.93. The molecule has 0 saturated carbocycles. The van der Waals surface area contributed by atoms with E-state index in [0.717, 1.165) is 56.5 Å². The standard InChI is InChI=1S/C15H20ClNO2.C10H11ClO2.C10H19NO3/c16-9-1-2-15(18)12-3-5-13(6-4-12)19-14-7-10-17-11-8-14;11-7-1-2-10(13)8-3-5-9(12)6-4-8;1-10(2,3)14-9(13)11-6-4-5-8(12)7-11/h3-6,14,17H,1-2,7-11H2;3-6,12H,1-2,7H2;8,12H,4-7H2,1-3H3. The Balaban J connectivity index is 0.000000246. The maximum absolute atomic E-state index is 11.8. The molecular formula is C35H50Cl2N2O7. The zero-order chi connectivity index (χ0) is 34.0. The van der Waals surface area contributed by atoms with E-state index in [0.29, 0.717) is 55.8 Å². The van der Waals surface area contributed by atoms with Gasteiger partial charge in [0.2, 0.25) is 0 Å². The van der Waals surface area contributed by atoms with Gasteiger partial charge in [-0.05, 0) is 121 Å². The van der Waals surface area contributed by atoms with Crippen LogP contribution in [0.5, 0.6) is 11.5 Å². The third-order valence-corrected chi connectivity index (χ3v) is 7.61. The smallest absolute Gasteiger partial charge is 0.410 e. The molecule has 0 spiro atoms. The quantitative estimate of drug-likeness (QED) is 0.181. The van der Waals surface area contributed by atoms with Crippen molar-refractivity contribution in [1.82, 2.24) is 10.2 Å². The molecular weight excluding hydrogens is 631 g/mol. The normalized spacial score (nSPS) is 16.7. The third kappa shape index (κ3) is 16.1. The summed E-state index contributed by atoms with van der Waals surface area (Å²) < 4.78 is 11.1. The lowest BCUT2D eigenvalue weighted by Gasteiger charge is -2.32. The van der Waals surface area contributed by atoms with E-state index in [9.17, 15) is 19.5 Å². The molecule has 2 aliphatic rings. The number of Topliss-reactive ketones (excluding diaryl/α,β-unsaturated/α-hetero) is 2. The van der Waals surface area contributed by atoms with E-state index in [1.165, 1.54) is 12.1 Å². The maximum atomic E-state index is 11.8. The maximum Gasteiger partial charge on any atom is 0.410 e. The number of ether oxygens (including phenoxy) is 2. The number of nitrogens with zero attached hydrogens (tertiary/aromatic N) is 1. The van der Waals surface area contributed by atoms with Gasteiger partial charge in [0.05, 0.1) is 6.10 Å². The molecule has 1 atom stereocenters. The van der Waals surface area contributed by atoms with Crippen molar-refractivity contribution < 1.29 is 34.1 Å². The predicted octanol–water partition coefficient (Wildman–Crippen LogP) is 6.99. The van der Waals surface area contributed by atoms with Gasteiger partial charge in [-0.15, -0.1) is 23.2 Å². The molecule has 2 fully saturated rings. The largest absolute Gasteiger partial charge is 0.508 e. The van der Waals surface area contributed by atoms with Crippen LogP contribution in [-0.4, -0.2) is 88.5 Å². The second-order valence-corrected chi connectivity index (χ2v) is 13.0. The summed E-state index contributed by atoms with van der Waals surface area (Å²) in [5.74, 6) is 2.27. The van der Waals surface area contributed by atoms with E-state index in [1.807, 2.05) is 45.0 Å². The number of phenolic OH excluding ortho intramolecular Hbond substituents is 1. The average molecular weight is 682 g/mol. The number of aromatic hydroxyl groups is 1. The van der Waals surface area contributed by atoms with Gasteiger partial charge < -0.3 is 29.9 Å². The molecule has 2 heterocycles. The number of benzene rings is 2. The Kier molecular flexibility index (Phi) is 18.0. The Labute approximate surface area is 283 Å². The molecule has 256 valence electrons. The van der Waals surface area contributed by atoms with Crippen molar-refractivity contribution >= 4 is 40.9 Å². The highest BCUT2D eigenvalue weighted by atomic mass is 35.5. The van der Waals surface area contributed by atoms with Gasteiger partial charge in [-0.1, -0.05) is 0 Å². The Morgan fingerprint density at radius 2 is 1.39 bits per heavy atom. The first-order valence-corrected chi connectivity index (χ1v) is 17.1. The van der Waals surface area contributed by atoms with Gasteiger partial charge in [0.15, 0.2) is 11.6 Å². The van der Waals surface area contributed by atoms with Crippen LogP contribution in [0.2, 0.25) is 0 Å². The summed E-state index contributed by atoms with van der Waals surface area (Å²) in [5.41, 5.74) is 0.908. The van der Waals surface area contributed by atoms with Crippen molar-refractivity contribution in [3.05, 3.63) is 59.7 Å². The number of aliphatic hydroxyl groups is 1. The average Bonchev–Trinajstić information content (AvgIpc) is 3.03. The number of β-amino-alcohol motifs (C(OH)–C–C–N with tert-alkyl or cyclic N) is 1. The number of carbonyl (C=O) groups excluding carboxylic acids is 3. The van der Waals surface area contributed by atoms with Crippen LogP contribution in [0, 0.1) is 0 Å². The molecule has 11 heteroatoms. The lowest BCUT2D eigenvalue weighted by atomic mass is 10.1. The summed E-state index contributed by atoms with van der Waals surface area (Å²) in [5, 5.41) is 21.7. The monoisotopic (exact) mass is 680 g/mol. The lowest BCUT2D eigenvalue weighted by Crippen LogP contribution is -2.44. The van der Waals surface area contributed by atoms with Gasteiger partial charge in [-0.25, -0.2) is 4.79 Å². The first-order valence-electron chi connectivity index (χ1n) is 16.0. The van der Waals surface area contributed by atoms with Crippen LogP contribution in [0.25, 0.3) is 0 Å². The summed E-state index contributed by atoms with van der Waals surface area (Å²) >= 11 is 11.1. The number of rotatable bonds is 10. The minimum absolute atomic E-state index is 0.0700. The van der Waals surface area contributed by atoms with E-state index in [2.05, 4.69) is 5.32 Å². The van der Waals surface area contributed by atoms with Gasteiger partial charge >= 0.3 is 6.09 Å². The number of aliphatic hydroxyl groups excluding tert-OH is 1. The number of halogens is 2. The highest BCUT2D eigenvalue weighted by Gasteiger charge is 2.26. The van der Waals surface area contributed by atoms with E-state index in [-0.39, 0.29) is 23.4 Å². The zero-order valence-electron chi connectivity index (χ0n) is 27.3. The highest BCUT2D eigenvalue weighted by molar-refractivity contribution is 6.18. The SMILES string of the molecule is CC(C)(C)OC(=O)N1CCCC(O)C1.O=C(CCCCl)c1ccc(O)cc1.O=C(CCCCl)c1ccc(OC2CCNCC2)cc1. The van der Waals surface area contributed by atoms with E-state index in [4.69, 9.17) is 37.8 Å². The number of ketones is 2. The number of nitrogens with one attached hydrogen (secondary N) is 1. The van der Waals surface area contributed by atoms with E-state index in [1.54, 1.807) is 17.0 Å². The van der Waals surface area contributed by atoms with E-state index < -0.39 is 11.7 Å². The number of alkyl halides is 2. The molecule has 46 heavy (non-hydrogen) atoms. The molecule has 0 aromatic heterocycles. The molecule has 2 aromatic carbocycles. The van der Waals surface area contributed by atoms with Crippen LogP contribution in [0.3, 0.4) is 0 Å². The van der Waals surface area contributed by atoms with Crippen molar-refractivity contribution in [2.75, 3.05) is 37.9 Å². The highest BCUT2D eigenvalue weighted by Crippen LogP contribution is 2.19. The van der Waals surface area contributed by atoms with Gasteiger partial charge in [0.25, 0.3) is 0 Å². The molecule has 1 amide bonds. The van der Waals surface area contributed by atoms with Gasteiger partial charge in [0, 0.05) is 48.8 Å². The minimum Gasteiger partial charge on any atom is -0.508 e. The predicted molar refractivity (Wildman–Crippen MR) is 183 cm³/mol. The molecule has 2 saturated heterocycles. The zero-order valence-corrected chi connectivity index (χ0v) is 28.8. The number of carbonyl (C=O) groups is 3. The van der Waals surface area contributed by atoms with Crippen molar-refractivity contribution in [2.45, 2.75) is 89.9 Å². The minimum atomic E-state index is -0.459.